The summed E-state index contributed by atoms with van der Waals surface area (Å²) >= 11 is 0. The van der Waals surface area contributed by atoms with Crippen LogP contribution in [0.5, 0.6) is 5.75 Å². The maximum absolute atomic E-state index is 9.63. The average molecular weight is 291 g/mol. The van der Waals surface area contributed by atoms with Crippen molar-refractivity contribution in [2.24, 2.45) is 0 Å². The summed E-state index contributed by atoms with van der Waals surface area (Å²) in [4.78, 5) is 9.06. The number of pyridine rings is 1. The first-order chi connectivity index (χ1) is 10.8. The Hall–Kier alpha value is -3.08. The first-order valence-electron chi connectivity index (χ1n) is 6.95. The summed E-state index contributed by atoms with van der Waals surface area (Å²) < 4.78 is 7.42. The van der Waals surface area contributed by atoms with Gasteiger partial charge in [0, 0.05) is 18.7 Å². The van der Waals surface area contributed by atoms with E-state index in [-0.39, 0.29) is 5.75 Å². The van der Waals surface area contributed by atoms with E-state index in [0.29, 0.717) is 12.3 Å². The molecule has 4 aromatic rings. The van der Waals surface area contributed by atoms with Crippen LogP contribution in [0, 0.1) is 0 Å². The van der Waals surface area contributed by atoms with E-state index in [1.54, 1.807) is 24.6 Å². The van der Waals surface area contributed by atoms with Gasteiger partial charge in [0.2, 0.25) is 5.88 Å². The van der Waals surface area contributed by atoms with Gasteiger partial charge in [0.05, 0.1) is 6.26 Å². The zero-order chi connectivity index (χ0) is 14.9. The van der Waals surface area contributed by atoms with E-state index in [0.717, 1.165) is 22.6 Å². The molecule has 5 nitrogen and oxygen atoms in total. The van der Waals surface area contributed by atoms with Gasteiger partial charge in [-0.2, -0.15) is 0 Å². The Bertz CT molecular complexity index is 926. The minimum absolute atomic E-state index is 0.247. The fourth-order valence-electron chi connectivity index (χ4n) is 2.56. The quantitative estimate of drug-likeness (QED) is 0.629. The predicted molar refractivity (Wildman–Crippen MR) is 82.0 cm³/mol. The standard InChI is InChI=1S/C17H13N3O2/c21-13-5-1-4-12(10-13)11-15-19-14-6-2-8-18-17(14)20(15)16-7-3-9-22-16/h1-10,21H,11H2. The van der Waals surface area contributed by atoms with Crippen molar-refractivity contribution >= 4 is 11.2 Å². The van der Waals surface area contributed by atoms with Crippen molar-refractivity contribution in [2.75, 3.05) is 0 Å². The SMILES string of the molecule is Oc1cccc(Cc2nc3cccnc3n2-c2ccco2)c1. The number of hydrogen-bond acceptors (Lipinski definition) is 4. The Morgan fingerprint density at radius 2 is 2.05 bits per heavy atom. The third kappa shape index (κ3) is 2.13. The molecule has 0 aliphatic heterocycles. The molecule has 0 radical (unpaired) electrons. The summed E-state index contributed by atoms with van der Waals surface area (Å²) in [5, 5.41) is 9.63. The molecule has 0 unspecified atom stereocenters. The Balaban J connectivity index is 1.88. The lowest BCUT2D eigenvalue weighted by Gasteiger charge is -2.05. The number of imidazole rings is 1. The summed E-state index contributed by atoms with van der Waals surface area (Å²) in [5.74, 6) is 1.74. The molecule has 0 aliphatic carbocycles. The molecule has 0 aliphatic rings. The van der Waals surface area contributed by atoms with Crippen LogP contribution in [-0.2, 0) is 6.42 Å². The molecular weight excluding hydrogens is 278 g/mol. The van der Waals surface area contributed by atoms with Gasteiger partial charge in [0.25, 0.3) is 0 Å². The predicted octanol–water partition coefficient (Wildman–Crippen LogP) is 3.31. The van der Waals surface area contributed by atoms with E-state index in [1.165, 1.54) is 0 Å². The van der Waals surface area contributed by atoms with Crippen molar-refractivity contribution < 1.29 is 9.52 Å². The molecule has 0 atom stereocenters. The van der Waals surface area contributed by atoms with Gasteiger partial charge in [0.15, 0.2) is 5.65 Å². The van der Waals surface area contributed by atoms with Crippen LogP contribution in [0.15, 0.2) is 65.4 Å². The van der Waals surface area contributed by atoms with Crippen LogP contribution in [0.3, 0.4) is 0 Å². The van der Waals surface area contributed by atoms with Gasteiger partial charge < -0.3 is 9.52 Å². The molecule has 108 valence electrons. The highest BCUT2D eigenvalue weighted by Crippen LogP contribution is 2.23. The molecule has 4 rings (SSSR count). The smallest absolute Gasteiger partial charge is 0.206 e. The Labute approximate surface area is 126 Å². The second-order valence-corrected chi connectivity index (χ2v) is 5.01. The molecule has 0 saturated heterocycles. The topological polar surface area (TPSA) is 64.1 Å². The van der Waals surface area contributed by atoms with E-state index in [9.17, 15) is 5.11 Å². The van der Waals surface area contributed by atoms with Crippen LogP contribution in [0.4, 0.5) is 0 Å². The van der Waals surface area contributed by atoms with Crippen LogP contribution in [0.2, 0.25) is 0 Å². The van der Waals surface area contributed by atoms with Gasteiger partial charge >= 0.3 is 0 Å². The lowest BCUT2D eigenvalue weighted by molar-refractivity contribution is 0.474. The molecular formula is C17H13N3O2. The fraction of sp³-hybridized carbons (Fsp3) is 0.0588. The van der Waals surface area contributed by atoms with Crippen molar-refractivity contribution in [3.63, 3.8) is 0 Å². The molecule has 22 heavy (non-hydrogen) atoms. The van der Waals surface area contributed by atoms with Crippen LogP contribution in [0.1, 0.15) is 11.4 Å². The van der Waals surface area contributed by atoms with Gasteiger partial charge in [-0.05, 0) is 35.9 Å². The fourth-order valence-corrected chi connectivity index (χ4v) is 2.56. The van der Waals surface area contributed by atoms with Crippen molar-refractivity contribution in [3.05, 3.63) is 72.4 Å². The lowest BCUT2D eigenvalue weighted by Crippen LogP contribution is -2.02. The maximum Gasteiger partial charge on any atom is 0.206 e. The van der Waals surface area contributed by atoms with Crippen LogP contribution in [-0.4, -0.2) is 19.6 Å². The minimum Gasteiger partial charge on any atom is -0.508 e. The van der Waals surface area contributed by atoms with Crippen LogP contribution < -0.4 is 0 Å². The molecule has 3 heterocycles. The van der Waals surface area contributed by atoms with E-state index < -0.39 is 0 Å². The van der Waals surface area contributed by atoms with Crippen LogP contribution in [0.25, 0.3) is 17.0 Å². The third-order valence-corrected chi connectivity index (χ3v) is 3.48. The van der Waals surface area contributed by atoms with Gasteiger partial charge in [-0.25, -0.2) is 14.5 Å². The summed E-state index contributed by atoms with van der Waals surface area (Å²) in [7, 11) is 0. The normalized spacial score (nSPS) is 11.1. The number of fused-ring (bicyclic) bond motifs is 1. The molecule has 0 fully saturated rings. The van der Waals surface area contributed by atoms with Gasteiger partial charge in [-0.1, -0.05) is 12.1 Å². The monoisotopic (exact) mass is 291 g/mol. The molecule has 1 aromatic carbocycles. The number of nitrogens with zero attached hydrogens (tertiary/aromatic N) is 3. The van der Waals surface area contributed by atoms with Crippen molar-refractivity contribution in [2.45, 2.75) is 6.42 Å². The number of phenols is 1. The van der Waals surface area contributed by atoms with E-state index in [2.05, 4.69) is 9.97 Å². The van der Waals surface area contributed by atoms with Gasteiger partial charge in [-0.3, -0.25) is 0 Å². The van der Waals surface area contributed by atoms with Gasteiger partial charge in [-0.15, -0.1) is 0 Å². The molecule has 0 amide bonds. The molecule has 0 bridgehead atoms. The zero-order valence-corrected chi connectivity index (χ0v) is 11.7. The molecule has 1 N–H and O–H groups in total. The van der Waals surface area contributed by atoms with Crippen molar-refractivity contribution in [1.82, 2.24) is 14.5 Å². The van der Waals surface area contributed by atoms with E-state index >= 15 is 0 Å². The molecule has 0 spiro atoms. The van der Waals surface area contributed by atoms with Crippen molar-refractivity contribution in [3.8, 4) is 11.6 Å². The van der Waals surface area contributed by atoms with E-state index in [4.69, 9.17) is 4.42 Å². The van der Waals surface area contributed by atoms with Gasteiger partial charge in [0.1, 0.15) is 17.1 Å². The average Bonchev–Trinajstić information content (AvgIpc) is 3.13. The summed E-state index contributed by atoms with van der Waals surface area (Å²) in [6.45, 7) is 0. The second-order valence-electron chi connectivity index (χ2n) is 5.01. The van der Waals surface area contributed by atoms with Crippen molar-refractivity contribution in [1.29, 1.82) is 0 Å². The molecule has 3 aromatic heterocycles. The highest BCUT2D eigenvalue weighted by atomic mass is 16.3. The molecule has 0 saturated carbocycles. The number of phenolic OH excluding ortho intramolecular Hbond substituents is 1. The summed E-state index contributed by atoms with van der Waals surface area (Å²) in [5.41, 5.74) is 2.55. The highest BCUT2D eigenvalue weighted by Gasteiger charge is 2.15. The highest BCUT2D eigenvalue weighted by molar-refractivity contribution is 5.73. The largest absolute Gasteiger partial charge is 0.508 e. The summed E-state index contributed by atoms with van der Waals surface area (Å²) in [6.07, 6.45) is 3.94. The number of aromatic nitrogens is 3. The number of rotatable bonds is 3. The number of benzene rings is 1. The lowest BCUT2D eigenvalue weighted by atomic mass is 10.1. The number of aromatic hydroxyl groups is 1. The minimum atomic E-state index is 0.247. The zero-order valence-electron chi connectivity index (χ0n) is 11.7. The van der Waals surface area contributed by atoms with E-state index in [1.807, 2.05) is 41.0 Å². The first-order valence-corrected chi connectivity index (χ1v) is 6.95. The number of hydrogen-bond donors (Lipinski definition) is 1. The Kier molecular flexibility index (Phi) is 2.89. The molecule has 5 heteroatoms. The second kappa shape index (κ2) is 5.04. The third-order valence-electron chi connectivity index (χ3n) is 3.48. The maximum atomic E-state index is 9.63. The Morgan fingerprint density at radius 3 is 2.86 bits per heavy atom. The Morgan fingerprint density at radius 1 is 1.09 bits per heavy atom. The summed E-state index contributed by atoms with van der Waals surface area (Å²) in [6, 6.07) is 14.7. The number of furan rings is 1. The van der Waals surface area contributed by atoms with Crippen LogP contribution >= 0.6 is 0 Å². The first kappa shape index (κ1) is 12.6.